The molecule has 0 aromatic heterocycles. The van der Waals surface area contributed by atoms with Crippen LogP contribution in [-0.2, 0) is 0 Å². The Kier molecular flexibility index (Phi) is 3.49. The van der Waals surface area contributed by atoms with Gasteiger partial charge in [-0.25, -0.2) is 0 Å². The van der Waals surface area contributed by atoms with Crippen molar-refractivity contribution in [3.63, 3.8) is 0 Å². The molecule has 2 saturated carbocycles. The standard InChI is InChI=1S/C17H24/c1-2-5-11-16-13-17(12-15(16)10-4-1)14-8-6-3-7-9-14/h3,6-9,15-17H,1-2,4-5,10-13H2/t15-,16?,17?/m1/s1. The Bertz CT molecular complexity index is 324. The average molecular weight is 228 g/mol. The van der Waals surface area contributed by atoms with Gasteiger partial charge >= 0.3 is 0 Å². The number of hydrogen-bond donors (Lipinski definition) is 0. The van der Waals surface area contributed by atoms with Crippen molar-refractivity contribution in [3.05, 3.63) is 35.9 Å². The van der Waals surface area contributed by atoms with Crippen LogP contribution in [0.15, 0.2) is 30.3 Å². The van der Waals surface area contributed by atoms with Crippen molar-refractivity contribution in [2.24, 2.45) is 11.8 Å². The summed E-state index contributed by atoms with van der Waals surface area (Å²) in [5, 5.41) is 0. The maximum atomic E-state index is 2.34. The van der Waals surface area contributed by atoms with Crippen LogP contribution in [-0.4, -0.2) is 0 Å². The highest BCUT2D eigenvalue weighted by atomic mass is 14.4. The minimum absolute atomic E-state index is 0.865. The monoisotopic (exact) mass is 228 g/mol. The fourth-order valence-corrected chi connectivity index (χ4v) is 4.08. The predicted molar refractivity (Wildman–Crippen MR) is 73.1 cm³/mol. The quantitative estimate of drug-likeness (QED) is 0.623. The summed E-state index contributed by atoms with van der Waals surface area (Å²) in [6, 6.07) is 11.2. The fraction of sp³-hybridized carbons (Fsp3) is 0.647. The van der Waals surface area contributed by atoms with Crippen LogP contribution < -0.4 is 0 Å². The molecule has 0 saturated heterocycles. The maximum Gasteiger partial charge on any atom is -0.0156 e. The summed E-state index contributed by atoms with van der Waals surface area (Å²) in [6.07, 6.45) is 11.9. The zero-order valence-corrected chi connectivity index (χ0v) is 10.8. The number of fused-ring (bicyclic) bond motifs is 1. The first-order chi connectivity index (χ1) is 8.43. The van der Waals surface area contributed by atoms with E-state index in [1.165, 1.54) is 51.4 Å². The van der Waals surface area contributed by atoms with Crippen molar-refractivity contribution in [2.75, 3.05) is 0 Å². The lowest BCUT2D eigenvalue weighted by atomic mass is 9.84. The first kappa shape index (κ1) is 11.3. The molecule has 0 nitrogen and oxygen atoms in total. The van der Waals surface area contributed by atoms with Gasteiger partial charge in [-0.05, 0) is 36.2 Å². The topological polar surface area (TPSA) is 0 Å². The molecule has 17 heavy (non-hydrogen) atoms. The molecular formula is C17H24. The fourth-order valence-electron chi connectivity index (χ4n) is 4.08. The molecule has 3 rings (SSSR count). The Morgan fingerprint density at radius 2 is 1.29 bits per heavy atom. The number of benzene rings is 1. The summed E-state index contributed by atoms with van der Waals surface area (Å²) < 4.78 is 0. The second-order valence-corrected chi connectivity index (χ2v) is 6.09. The van der Waals surface area contributed by atoms with Crippen molar-refractivity contribution in [3.8, 4) is 0 Å². The minimum Gasteiger partial charge on any atom is -0.0622 e. The molecule has 0 N–H and O–H groups in total. The highest BCUT2D eigenvalue weighted by Crippen LogP contribution is 2.47. The van der Waals surface area contributed by atoms with Crippen molar-refractivity contribution in [2.45, 2.75) is 57.3 Å². The smallest absolute Gasteiger partial charge is 0.0156 e. The van der Waals surface area contributed by atoms with Gasteiger partial charge in [0.05, 0.1) is 0 Å². The van der Waals surface area contributed by atoms with Crippen LogP contribution in [0.3, 0.4) is 0 Å². The molecule has 0 aliphatic heterocycles. The van der Waals surface area contributed by atoms with Gasteiger partial charge in [-0.15, -0.1) is 0 Å². The van der Waals surface area contributed by atoms with Crippen LogP contribution in [0.2, 0.25) is 0 Å². The Morgan fingerprint density at radius 1 is 0.706 bits per heavy atom. The molecule has 0 amide bonds. The first-order valence-corrected chi connectivity index (χ1v) is 7.48. The molecule has 1 aromatic rings. The third-order valence-corrected chi connectivity index (χ3v) is 5.01. The van der Waals surface area contributed by atoms with E-state index in [1.807, 2.05) is 0 Å². The van der Waals surface area contributed by atoms with Gasteiger partial charge in [0.25, 0.3) is 0 Å². The highest BCUT2D eigenvalue weighted by molar-refractivity contribution is 5.21. The van der Waals surface area contributed by atoms with Crippen molar-refractivity contribution < 1.29 is 0 Å². The van der Waals surface area contributed by atoms with E-state index < -0.39 is 0 Å². The zero-order chi connectivity index (χ0) is 11.5. The zero-order valence-electron chi connectivity index (χ0n) is 10.8. The molecule has 0 heterocycles. The van der Waals surface area contributed by atoms with Crippen molar-refractivity contribution >= 4 is 0 Å². The van der Waals surface area contributed by atoms with Crippen LogP contribution in [0.1, 0.15) is 62.8 Å². The molecule has 2 fully saturated rings. The molecule has 2 aliphatic carbocycles. The summed E-state index contributed by atoms with van der Waals surface area (Å²) in [6.45, 7) is 0. The molecule has 0 radical (unpaired) electrons. The highest BCUT2D eigenvalue weighted by Gasteiger charge is 2.34. The summed E-state index contributed by atoms with van der Waals surface area (Å²) in [4.78, 5) is 0. The largest absolute Gasteiger partial charge is 0.0622 e. The maximum absolute atomic E-state index is 2.34. The Morgan fingerprint density at radius 3 is 1.88 bits per heavy atom. The van der Waals surface area contributed by atoms with Gasteiger partial charge in [-0.1, -0.05) is 68.9 Å². The second kappa shape index (κ2) is 5.25. The lowest BCUT2D eigenvalue weighted by Gasteiger charge is -2.21. The van der Waals surface area contributed by atoms with E-state index in [1.54, 1.807) is 5.56 Å². The molecule has 92 valence electrons. The van der Waals surface area contributed by atoms with Gasteiger partial charge < -0.3 is 0 Å². The van der Waals surface area contributed by atoms with Gasteiger partial charge in [-0.3, -0.25) is 0 Å². The number of rotatable bonds is 1. The first-order valence-electron chi connectivity index (χ1n) is 7.48. The third-order valence-electron chi connectivity index (χ3n) is 5.01. The van der Waals surface area contributed by atoms with Gasteiger partial charge in [0, 0.05) is 0 Å². The predicted octanol–water partition coefficient (Wildman–Crippen LogP) is 5.15. The molecule has 2 aliphatic rings. The third kappa shape index (κ3) is 2.56. The van der Waals surface area contributed by atoms with Crippen molar-refractivity contribution in [1.82, 2.24) is 0 Å². The van der Waals surface area contributed by atoms with Crippen LogP contribution in [0.5, 0.6) is 0 Å². The molecule has 0 heteroatoms. The summed E-state index contributed by atoms with van der Waals surface area (Å²) in [7, 11) is 0. The van der Waals surface area contributed by atoms with E-state index in [9.17, 15) is 0 Å². The van der Waals surface area contributed by atoms with Gasteiger partial charge in [0.2, 0.25) is 0 Å². The van der Waals surface area contributed by atoms with Crippen LogP contribution in [0.25, 0.3) is 0 Å². The number of hydrogen-bond acceptors (Lipinski definition) is 0. The van der Waals surface area contributed by atoms with Crippen LogP contribution in [0, 0.1) is 11.8 Å². The summed E-state index contributed by atoms with van der Waals surface area (Å²) >= 11 is 0. The Labute approximate surface area is 105 Å². The van der Waals surface area contributed by atoms with Gasteiger partial charge in [0.15, 0.2) is 0 Å². The van der Waals surface area contributed by atoms with E-state index in [2.05, 4.69) is 30.3 Å². The molecule has 3 atom stereocenters. The molecule has 1 aromatic carbocycles. The lowest BCUT2D eigenvalue weighted by Crippen LogP contribution is -2.09. The lowest BCUT2D eigenvalue weighted by molar-refractivity contribution is 0.301. The van der Waals surface area contributed by atoms with Crippen molar-refractivity contribution in [1.29, 1.82) is 0 Å². The molecule has 0 bridgehead atoms. The SMILES string of the molecule is c1ccc(C2CC3CCCCCC[C@@H]3C2)cc1. The van der Waals surface area contributed by atoms with E-state index in [0.29, 0.717) is 0 Å². The van der Waals surface area contributed by atoms with E-state index >= 15 is 0 Å². The molecular weight excluding hydrogens is 204 g/mol. The molecule has 0 spiro atoms. The van der Waals surface area contributed by atoms with E-state index in [4.69, 9.17) is 0 Å². The van der Waals surface area contributed by atoms with E-state index in [0.717, 1.165) is 17.8 Å². The Hall–Kier alpha value is -0.780. The minimum atomic E-state index is 0.865. The Balaban J connectivity index is 1.70. The summed E-state index contributed by atoms with van der Waals surface area (Å²) in [5.74, 6) is 2.95. The van der Waals surface area contributed by atoms with Gasteiger partial charge in [-0.2, -0.15) is 0 Å². The molecule has 2 unspecified atom stereocenters. The second-order valence-electron chi connectivity index (χ2n) is 6.09. The normalized spacial score (nSPS) is 33.8. The summed E-state index contributed by atoms with van der Waals surface area (Å²) in [5.41, 5.74) is 1.60. The van der Waals surface area contributed by atoms with E-state index in [-0.39, 0.29) is 0 Å². The van der Waals surface area contributed by atoms with Crippen LogP contribution in [0.4, 0.5) is 0 Å². The van der Waals surface area contributed by atoms with Gasteiger partial charge in [0.1, 0.15) is 0 Å². The average Bonchev–Trinajstić information content (AvgIpc) is 2.73. The van der Waals surface area contributed by atoms with Crippen LogP contribution >= 0.6 is 0 Å².